The third kappa shape index (κ3) is 3.79. The lowest BCUT2D eigenvalue weighted by Crippen LogP contribution is -2.33. The molecule has 0 aliphatic carbocycles. The van der Waals surface area contributed by atoms with E-state index >= 15 is 0 Å². The molecule has 0 saturated carbocycles. The Morgan fingerprint density at radius 3 is 2.17 bits per heavy atom. The molecule has 0 aliphatic heterocycles. The summed E-state index contributed by atoms with van der Waals surface area (Å²) in [5.74, 6) is -0.294. The average Bonchev–Trinajstić information content (AvgIpc) is 2.64. The van der Waals surface area contributed by atoms with Crippen molar-refractivity contribution in [2.45, 2.75) is 20.8 Å². The Morgan fingerprint density at radius 2 is 1.58 bits per heavy atom. The summed E-state index contributed by atoms with van der Waals surface area (Å²) >= 11 is 0. The Morgan fingerprint density at radius 1 is 0.917 bits per heavy atom. The first-order valence-electron chi connectivity index (χ1n) is 8.24. The molecule has 1 aromatic carbocycles. The average molecular weight is 325 g/mol. The Hall–Kier alpha value is -2.69. The lowest BCUT2D eigenvalue weighted by molar-refractivity contribution is 0.0773. The highest BCUT2D eigenvalue weighted by molar-refractivity contribution is 6.06. The number of pyridine rings is 1. The van der Waals surface area contributed by atoms with E-state index < -0.39 is 0 Å². The normalized spacial score (nSPS) is 10.3. The lowest BCUT2D eigenvalue weighted by atomic mass is 10.1. The van der Waals surface area contributed by atoms with Crippen LogP contribution in [0.3, 0.4) is 0 Å². The van der Waals surface area contributed by atoms with E-state index in [0.29, 0.717) is 25.2 Å². The van der Waals surface area contributed by atoms with Crippen LogP contribution < -0.4 is 4.90 Å². The van der Waals surface area contributed by atoms with Crippen LogP contribution in [-0.2, 0) is 0 Å². The van der Waals surface area contributed by atoms with Crippen LogP contribution >= 0.6 is 0 Å². The molecular formula is C19H23N3O2. The summed E-state index contributed by atoms with van der Waals surface area (Å²) in [5.41, 5.74) is 1.58. The van der Waals surface area contributed by atoms with E-state index in [0.717, 1.165) is 5.69 Å². The number of carbonyl (C=O) groups is 2. The minimum absolute atomic E-state index is 0.0841. The smallest absolute Gasteiger partial charge is 0.276 e. The molecule has 5 nitrogen and oxygen atoms in total. The van der Waals surface area contributed by atoms with Gasteiger partial charge in [0.2, 0.25) is 0 Å². The number of anilines is 1. The van der Waals surface area contributed by atoms with Crippen LogP contribution in [-0.4, -0.2) is 41.3 Å². The minimum Gasteiger partial charge on any atom is -0.339 e. The number of benzene rings is 1. The lowest BCUT2D eigenvalue weighted by Gasteiger charge is -2.21. The zero-order chi connectivity index (χ0) is 17.5. The fourth-order valence-electron chi connectivity index (χ4n) is 2.56. The predicted octanol–water partition coefficient (Wildman–Crippen LogP) is 3.23. The second-order valence-corrected chi connectivity index (χ2v) is 5.29. The van der Waals surface area contributed by atoms with Gasteiger partial charge in [-0.1, -0.05) is 18.2 Å². The van der Waals surface area contributed by atoms with Gasteiger partial charge in [-0.3, -0.25) is 14.6 Å². The summed E-state index contributed by atoms with van der Waals surface area (Å²) in [4.78, 5) is 32.8. The number of aromatic nitrogens is 1. The number of carbonyl (C=O) groups excluding carboxylic acids is 2. The molecule has 0 fully saturated rings. The Bertz CT molecular complexity index is 697. The largest absolute Gasteiger partial charge is 0.339 e. The van der Waals surface area contributed by atoms with Crippen molar-refractivity contribution in [3.8, 4) is 0 Å². The van der Waals surface area contributed by atoms with Gasteiger partial charge < -0.3 is 9.80 Å². The first-order valence-corrected chi connectivity index (χ1v) is 8.24. The fourth-order valence-corrected chi connectivity index (χ4v) is 2.56. The number of nitrogens with zero attached hydrogens (tertiary/aromatic N) is 3. The van der Waals surface area contributed by atoms with Gasteiger partial charge in [0.15, 0.2) is 0 Å². The van der Waals surface area contributed by atoms with Gasteiger partial charge in [0, 0.05) is 37.1 Å². The van der Waals surface area contributed by atoms with E-state index in [9.17, 15) is 9.59 Å². The highest BCUT2D eigenvalue weighted by atomic mass is 16.2. The highest BCUT2D eigenvalue weighted by Gasteiger charge is 2.20. The van der Waals surface area contributed by atoms with Crippen LogP contribution in [0.15, 0.2) is 48.7 Å². The van der Waals surface area contributed by atoms with E-state index in [4.69, 9.17) is 0 Å². The molecule has 0 N–H and O–H groups in total. The van der Waals surface area contributed by atoms with Crippen LogP contribution in [0, 0.1) is 0 Å². The van der Waals surface area contributed by atoms with Crippen molar-refractivity contribution in [2.24, 2.45) is 0 Å². The van der Waals surface area contributed by atoms with Crippen LogP contribution in [0.2, 0.25) is 0 Å². The second-order valence-electron chi connectivity index (χ2n) is 5.29. The van der Waals surface area contributed by atoms with Crippen molar-refractivity contribution in [1.29, 1.82) is 0 Å². The third-order valence-electron chi connectivity index (χ3n) is 3.91. The Labute approximate surface area is 142 Å². The molecule has 24 heavy (non-hydrogen) atoms. The summed E-state index contributed by atoms with van der Waals surface area (Å²) in [6.45, 7) is 7.57. The molecule has 0 unspecified atom stereocenters. The second kappa shape index (κ2) is 8.24. The van der Waals surface area contributed by atoms with Gasteiger partial charge in [0.05, 0.1) is 0 Å². The van der Waals surface area contributed by atoms with E-state index in [-0.39, 0.29) is 17.5 Å². The van der Waals surface area contributed by atoms with Gasteiger partial charge in [0.1, 0.15) is 5.69 Å². The Kier molecular flexibility index (Phi) is 6.07. The molecule has 0 bridgehead atoms. The van der Waals surface area contributed by atoms with Gasteiger partial charge in [-0.25, -0.2) is 0 Å². The van der Waals surface area contributed by atoms with E-state index in [2.05, 4.69) is 4.98 Å². The van der Waals surface area contributed by atoms with Crippen molar-refractivity contribution in [3.63, 3.8) is 0 Å². The fraction of sp³-hybridized carbons (Fsp3) is 0.316. The molecule has 0 spiro atoms. The van der Waals surface area contributed by atoms with Crippen molar-refractivity contribution in [3.05, 3.63) is 59.9 Å². The van der Waals surface area contributed by atoms with Crippen LogP contribution in [0.5, 0.6) is 0 Å². The van der Waals surface area contributed by atoms with Crippen LogP contribution in [0.1, 0.15) is 41.6 Å². The van der Waals surface area contributed by atoms with Crippen molar-refractivity contribution in [1.82, 2.24) is 9.88 Å². The standard InChI is InChI=1S/C19H23N3O2/c1-4-21(5-2)18(23)15-12-13-20-17(14-15)19(24)22(6-3)16-10-8-7-9-11-16/h7-14H,4-6H2,1-3H3. The van der Waals surface area contributed by atoms with Gasteiger partial charge in [0.25, 0.3) is 11.8 Å². The zero-order valence-corrected chi connectivity index (χ0v) is 14.4. The number of hydrogen-bond acceptors (Lipinski definition) is 3. The minimum atomic E-state index is -0.210. The molecule has 1 aromatic heterocycles. The zero-order valence-electron chi connectivity index (χ0n) is 14.4. The summed E-state index contributed by atoms with van der Waals surface area (Å²) in [7, 11) is 0. The van der Waals surface area contributed by atoms with E-state index in [1.54, 1.807) is 21.9 Å². The first kappa shape index (κ1) is 17.7. The number of amides is 2. The summed E-state index contributed by atoms with van der Waals surface area (Å²) < 4.78 is 0. The molecule has 1 heterocycles. The van der Waals surface area contributed by atoms with Crippen molar-refractivity contribution >= 4 is 17.5 Å². The quantitative estimate of drug-likeness (QED) is 0.819. The highest BCUT2D eigenvalue weighted by Crippen LogP contribution is 2.16. The molecule has 0 radical (unpaired) electrons. The maximum Gasteiger partial charge on any atom is 0.276 e. The SMILES string of the molecule is CCN(CC)C(=O)c1ccnc(C(=O)N(CC)c2ccccc2)c1. The molecular weight excluding hydrogens is 302 g/mol. The molecule has 5 heteroatoms. The van der Waals surface area contributed by atoms with Crippen LogP contribution in [0.25, 0.3) is 0 Å². The molecule has 126 valence electrons. The molecule has 0 saturated heterocycles. The predicted molar refractivity (Wildman–Crippen MR) is 95.3 cm³/mol. The molecule has 2 amide bonds. The van der Waals surface area contributed by atoms with Gasteiger partial charge in [-0.15, -0.1) is 0 Å². The first-order chi connectivity index (χ1) is 11.6. The Balaban J connectivity index is 2.30. The number of para-hydroxylation sites is 1. The molecule has 0 atom stereocenters. The number of hydrogen-bond donors (Lipinski definition) is 0. The maximum atomic E-state index is 12.8. The van der Waals surface area contributed by atoms with Crippen molar-refractivity contribution in [2.75, 3.05) is 24.5 Å². The summed E-state index contributed by atoms with van der Waals surface area (Å²) in [5, 5.41) is 0. The van der Waals surface area contributed by atoms with Gasteiger partial charge in [-0.05, 0) is 45.0 Å². The third-order valence-corrected chi connectivity index (χ3v) is 3.91. The van der Waals surface area contributed by atoms with E-state index in [1.165, 1.54) is 6.20 Å². The van der Waals surface area contributed by atoms with Gasteiger partial charge in [-0.2, -0.15) is 0 Å². The summed E-state index contributed by atoms with van der Waals surface area (Å²) in [6.07, 6.45) is 1.52. The van der Waals surface area contributed by atoms with Crippen molar-refractivity contribution < 1.29 is 9.59 Å². The van der Waals surface area contributed by atoms with E-state index in [1.807, 2.05) is 51.1 Å². The monoisotopic (exact) mass is 325 g/mol. The van der Waals surface area contributed by atoms with Crippen LogP contribution in [0.4, 0.5) is 5.69 Å². The summed E-state index contributed by atoms with van der Waals surface area (Å²) in [6, 6.07) is 12.7. The maximum absolute atomic E-state index is 12.8. The number of rotatable bonds is 6. The molecule has 2 aromatic rings. The van der Waals surface area contributed by atoms with Gasteiger partial charge >= 0.3 is 0 Å². The molecule has 2 rings (SSSR count). The molecule has 0 aliphatic rings. The topological polar surface area (TPSA) is 53.5 Å².